The zero-order valence-electron chi connectivity index (χ0n) is 12.2. The van der Waals surface area contributed by atoms with Gasteiger partial charge in [-0.3, -0.25) is 4.79 Å². The highest BCUT2D eigenvalue weighted by atomic mass is 35.5. The average molecular weight is 313 g/mol. The van der Waals surface area contributed by atoms with E-state index in [-0.39, 0.29) is 10.8 Å². The number of piperidine rings is 1. The number of rotatable bonds is 7. The van der Waals surface area contributed by atoms with Gasteiger partial charge in [0.15, 0.2) is 0 Å². The van der Waals surface area contributed by atoms with Crippen LogP contribution in [0.25, 0.3) is 0 Å². The summed E-state index contributed by atoms with van der Waals surface area (Å²) in [5.74, 6) is -0.0817. The number of halogens is 2. The maximum atomic E-state index is 13.0. The number of nitrogens with one attached hydrogen (secondary N) is 1. The Labute approximate surface area is 130 Å². The van der Waals surface area contributed by atoms with E-state index in [2.05, 4.69) is 5.32 Å². The van der Waals surface area contributed by atoms with Crippen LogP contribution in [0.15, 0.2) is 18.2 Å². The summed E-state index contributed by atoms with van der Waals surface area (Å²) in [5.41, 5.74) is 0.979. The molecule has 0 atom stereocenters. The zero-order valence-corrected chi connectivity index (χ0v) is 13.0. The number of amides is 1. The van der Waals surface area contributed by atoms with E-state index in [0.29, 0.717) is 18.9 Å². The Hall–Kier alpha value is -1.13. The van der Waals surface area contributed by atoms with Crippen LogP contribution >= 0.6 is 11.6 Å². The Morgan fingerprint density at radius 3 is 2.90 bits per heavy atom. The number of hydrogen-bond donors (Lipinski definition) is 1. The van der Waals surface area contributed by atoms with Gasteiger partial charge in [-0.15, -0.1) is 0 Å². The maximum Gasteiger partial charge on any atom is 0.222 e. The SMILES string of the molecule is O=C1CCCCN1CCCCNCc1ccc(F)c(Cl)c1. The second kappa shape index (κ2) is 8.35. The van der Waals surface area contributed by atoms with E-state index in [9.17, 15) is 9.18 Å². The minimum atomic E-state index is -0.383. The fourth-order valence-corrected chi connectivity index (χ4v) is 2.74. The molecule has 1 aromatic rings. The molecule has 3 nitrogen and oxygen atoms in total. The largest absolute Gasteiger partial charge is 0.343 e. The molecule has 1 heterocycles. The summed E-state index contributed by atoms with van der Waals surface area (Å²) >= 11 is 5.74. The van der Waals surface area contributed by atoms with Crippen molar-refractivity contribution < 1.29 is 9.18 Å². The van der Waals surface area contributed by atoms with Gasteiger partial charge in [0.25, 0.3) is 0 Å². The first-order chi connectivity index (χ1) is 10.2. The molecule has 1 amide bonds. The molecule has 1 N–H and O–H groups in total. The van der Waals surface area contributed by atoms with Crippen LogP contribution in [-0.2, 0) is 11.3 Å². The standard InChI is InChI=1S/C16H22ClFN2O/c17-14-11-13(6-7-15(14)18)12-19-8-2-4-10-20-9-3-1-5-16(20)21/h6-7,11,19H,1-5,8-10,12H2. The van der Waals surface area contributed by atoms with Crippen molar-refractivity contribution in [3.8, 4) is 0 Å². The molecule has 0 aliphatic carbocycles. The lowest BCUT2D eigenvalue weighted by atomic mass is 10.1. The molecule has 5 heteroatoms. The molecule has 1 aliphatic rings. The highest BCUT2D eigenvalue weighted by Gasteiger charge is 2.16. The van der Waals surface area contributed by atoms with Crippen LogP contribution in [0.4, 0.5) is 4.39 Å². The highest BCUT2D eigenvalue weighted by molar-refractivity contribution is 6.30. The molecular weight excluding hydrogens is 291 g/mol. The topological polar surface area (TPSA) is 32.3 Å². The number of likely N-dealkylation sites (tertiary alicyclic amines) is 1. The Morgan fingerprint density at radius 1 is 1.29 bits per heavy atom. The van der Waals surface area contributed by atoms with E-state index in [1.807, 2.05) is 4.90 Å². The van der Waals surface area contributed by atoms with Gasteiger partial charge in [-0.2, -0.15) is 0 Å². The molecule has 0 unspecified atom stereocenters. The van der Waals surface area contributed by atoms with E-state index in [1.165, 1.54) is 6.07 Å². The summed E-state index contributed by atoms with van der Waals surface area (Å²) in [7, 11) is 0. The van der Waals surface area contributed by atoms with Crippen molar-refractivity contribution in [1.29, 1.82) is 0 Å². The van der Waals surface area contributed by atoms with Crippen LogP contribution in [0.1, 0.15) is 37.7 Å². The summed E-state index contributed by atoms with van der Waals surface area (Å²) in [4.78, 5) is 13.6. The van der Waals surface area contributed by atoms with Crippen LogP contribution in [0.5, 0.6) is 0 Å². The van der Waals surface area contributed by atoms with Gasteiger partial charge < -0.3 is 10.2 Å². The van der Waals surface area contributed by atoms with Crippen LogP contribution in [-0.4, -0.2) is 30.4 Å². The van der Waals surface area contributed by atoms with Crippen LogP contribution < -0.4 is 5.32 Å². The lowest BCUT2D eigenvalue weighted by Gasteiger charge is -2.26. The van der Waals surface area contributed by atoms with Gasteiger partial charge in [-0.05, 0) is 49.9 Å². The molecular formula is C16H22ClFN2O. The van der Waals surface area contributed by atoms with Gasteiger partial charge in [-0.1, -0.05) is 17.7 Å². The number of benzene rings is 1. The minimum Gasteiger partial charge on any atom is -0.343 e. The third-order valence-corrected chi connectivity index (χ3v) is 4.06. The molecule has 1 aliphatic heterocycles. The number of nitrogens with zero attached hydrogens (tertiary/aromatic N) is 1. The van der Waals surface area contributed by atoms with Crippen LogP contribution in [0, 0.1) is 5.82 Å². The normalized spacial score (nSPS) is 15.5. The van der Waals surface area contributed by atoms with Crippen LogP contribution in [0.2, 0.25) is 5.02 Å². The molecule has 0 spiro atoms. The number of carbonyl (C=O) groups excluding carboxylic acids is 1. The van der Waals surface area contributed by atoms with Crippen molar-refractivity contribution in [1.82, 2.24) is 10.2 Å². The second-order valence-corrected chi connectivity index (χ2v) is 5.88. The minimum absolute atomic E-state index is 0.165. The van der Waals surface area contributed by atoms with Crippen molar-refractivity contribution in [2.75, 3.05) is 19.6 Å². The first-order valence-corrected chi connectivity index (χ1v) is 7.97. The third kappa shape index (κ3) is 5.29. The Kier molecular flexibility index (Phi) is 6.46. The molecule has 1 fully saturated rings. The molecule has 116 valence electrons. The van der Waals surface area contributed by atoms with E-state index >= 15 is 0 Å². The van der Waals surface area contributed by atoms with E-state index in [0.717, 1.165) is 50.9 Å². The molecule has 0 saturated carbocycles. The molecule has 0 aromatic heterocycles. The number of hydrogen-bond acceptors (Lipinski definition) is 2. The lowest BCUT2D eigenvalue weighted by Crippen LogP contribution is -2.36. The monoisotopic (exact) mass is 312 g/mol. The van der Waals surface area contributed by atoms with Crippen LogP contribution in [0.3, 0.4) is 0 Å². The Balaban J connectivity index is 1.57. The molecule has 21 heavy (non-hydrogen) atoms. The van der Waals surface area contributed by atoms with Gasteiger partial charge in [0, 0.05) is 26.1 Å². The predicted octanol–water partition coefficient (Wildman–Crippen LogP) is 3.36. The molecule has 0 radical (unpaired) electrons. The van der Waals surface area contributed by atoms with E-state index in [4.69, 9.17) is 11.6 Å². The van der Waals surface area contributed by atoms with Crippen molar-refractivity contribution in [3.63, 3.8) is 0 Å². The fourth-order valence-electron chi connectivity index (χ4n) is 2.53. The lowest BCUT2D eigenvalue weighted by molar-refractivity contribution is -0.133. The summed E-state index contributed by atoms with van der Waals surface area (Å²) < 4.78 is 13.0. The molecule has 1 aromatic carbocycles. The number of unbranched alkanes of at least 4 members (excludes halogenated alkanes) is 1. The fraction of sp³-hybridized carbons (Fsp3) is 0.562. The molecule has 2 rings (SSSR count). The summed E-state index contributed by atoms with van der Waals surface area (Å²) in [6.07, 6.45) is 4.93. The van der Waals surface area contributed by atoms with Crippen molar-refractivity contribution in [3.05, 3.63) is 34.6 Å². The summed E-state index contributed by atoms with van der Waals surface area (Å²) in [5, 5.41) is 3.48. The van der Waals surface area contributed by atoms with Gasteiger partial charge >= 0.3 is 0 Å². The highest BCUT2D eigenvalue weighted by Crippen LogP contribution is 2.15. The zero-order chi connectivity index (χ0) is 15.1. The molecule has 1 saturated heterocycles. The second-order valence-electron chi connectivity index (χ2n) is 5.47. The third-order valence-electron chi connectivity index (χ3n) is 3.77. The summed E-state index contributed by atoms with van der Waals surface area (Å²) in [6, 6.07) is 4.78. The van der Waals surface area contributed by atoms with E-state index in [1.54, 1.807) is 12.1 Å². The predicted molar refractivity (Wildman–Crippen MR) is 82.8 cm³/mol. The Bertz CT molecular complexity index is 481. The van der Waals surface area contributed by atoms with Crippen molar-refractivity contribution in [2.45, 2.75) is 38.6 Å². The average Bonchev–Trinajstić information content (AvgIpc) is 2.48. The summed E-state index contributed by atoms with van der Waals surface area (Å²) in [6.45, 7) is 3.35. The van der Waals surface area contributed by atoms with Gasteiger partial charge in [0.05, 0.1) is 5.02 Å². The van der Waals surface area contributed by atoms with Crippen molar-refractivity contribution >= 4 is 17.5 Å². The maximum absolute atomic E-state index is 13.0. The van der Waals surface area contributed by atoms with Gasteiger partial charge in [-0.25, -0.2) is 4.39 Å². The van der Waals surface area contributed by atoms with Gasteiger partial charge in [0.2, 0.25) is 5.91 Å². The van der Waals surface area contributed by atoms with Gasteiger partial charge in [0.1, 0.15) is 5.82 Å². The quantitative estimate of drug-likeness (QED) is 0.783. The number of carbonyl (C=O) groups is 1. The smallest absolute Gasteiger partial charge is 0.222 e. The first kappa shape index (κ1) is 16.2. The first-order valence-electron chi connectivity index (χ1n) is 7.59. The molecule has 0 bridgehead atoms. The van der Waals surface area contributed by atoms with E-state index < -0.39 is 0 Å². The van der Waals surface area contributed by atoms with Crippen molar-refractivity contribution in [2.24, 2.45) is 0 Å². The Morgan fingerprint density at radius 2 is 2.14 bits per heavy atom.